The Morgan fingerprint density at radius 1 is 1.09 bits per heavy atom. The van der Waals surface area contributed by atoms with Crippen molar-refractivity contribution in [3.63, 3.8) is 0 Å². The van der Waals surface area contributed by atoms with Gasteiger partial charge in [0.25, 0.3) is 0 Å². The van der Waals surface area contributed by atoms with Crippen LogP contribution in [0.5, 0.6) is 0 Å². The molecule has 0 bridgehead atoms. The Morgan fingerprint density at radius 2 is 1.74 bits per heavy atom. The van der Waals surface area contributed by atoms with Gasteiger partial charge in [0, 0.05) is 22.6 Å². The van der Waals surface area contributed by atoms with Gasteiger partial charge in [-0.1, -0.05) is 39.7 Å². The molecular formula is C16H15BrClF3N2. The maximum Gasteiger partial charge on any atom is 0.390 e. The predicted octanol–water partition coefficient (Wildman–Crippen LogP) is 5.64. The lowest BCUT2D eigenvalue weighted by molar-refractivity contribution is -0.132. The molecule has 0 saturated carbocycles. The largest absolute Gasteiger partial charge is 0.397 e. The maximum atomic E-state index is 12.6. The van der Waals surface area contributed by atoms with Crippen molar-refractivity contribution in [1.82, 2.24) is 0 Å². The molecule has 0 unspecified atom stereocenters. The van der Waals surface area contributed by atoms with Gasteiger partial charge in [0.05, 0.1) is 17.8 Å². The van der Waals surface area contributed by atoms with E-state index in [4.69, 9.17) is 17.3 Å². The van der Waals surface area contributed by atoms with Gasteiger partial charge in [0.15, 0.2) is 0 Å². The number of hydrogen-bond donors (Lipinski definition) is 1. The molecule has 0 aliphatic carbocycles. The van der Waals surface area contributed by atoms with Crippen LogP contribution in [-0.2, 0) is 6.54 Å². The van der Waals surface area contributed by atoms with Crippen LogP contribution >= 0.6 is 27.5 Å². The van der Waals surface area contributed by atoms with Crippen LogP contribution in [-0.4, -0.2) is 12.7 Å². The summed E-state index contributed by atoms with van der Waals surface area (Å²) in [5, 5.41) is 0.582. The molecule has 2 rings (SSSR count). The van der Waals surface area contributed by atoms with Gasteiger partial charge in [-0.25, -0.2) is 0 Å². The number of alkyl halides is 3. The van der Waals surface area contributed by atoms with Crippen molar-refractivity contribution in [3.05, 3.63) is 57.5 Å². The molecule has 0 aliphatic heterocycles. The van der Waals surface area contributed by atoms with Gasteiger partial charge >= 0.3 is 6.18 Å². The van der Waals surface area contributed by atoms with Crippen LogP contribution in [0.3, 0.4) is 0 Å². The summed E-state index contributed by atoms with van der Waals surface area (Å²) in [6, 6.07) is 12.2. The van der Waals surface area contributed by atoms with Crippen LogP contribution in [0, 0.1) is 0 Å². The average molecular weight is 408 g/mol. The van der Waals surface area contributed by atoms with Gasteiger partial charge in [-0.15, -0.1) is 0 Å². The molecule has 0 radical (unpaired) electrons. The molecule has 0 saturated heterocycles. The Bertz CT molecular complexity index is 659. The van der Waals surface area contributed by atoms with Crippen molar-refractivity contribution < 1.29 is 13.2 Å². The highest BCUT2D eigenvalue weighted by Gasteiger charge is 2.28. The third kappa shape index (κ3) is 5.62. The fraction of sp³-hybridized carbons (Fsp3) is 0.250. The first-order valence-electron chi connectivity index (χ1n) is 6.86. The third-order valence-corrected chi connectivity index (χ3v) is 4.03. The first-order valence-corrected chi connectivity index (χ1v) is 8.03. The molecule has 124 valence electrons. The fourth-order valence-corrected chi connectivity index (χ4v) is 2.67. The van der Waals surface area contributed by atoms with E-state index in [0.717, 1.165) is 10.0 Å². The highest BCUT2D eigenvalue weighted by atomic mass is 79.9. The topological polar surface area (TPSA) is 29.3 Å². The first kappa shape index (κ1) is 17.9. The number of rotatable bonds is 5. The summed E-state index contributed by atoms with van der Waals surface area (Å²) in [6.07, 6.45) is -5.13. The standard InChI is InChI=1S/C16H15BrClF3N2/c17-12-3-6-15(14(22)9-12)23(8-7-16(19,20)21)10-11-1-4-13(18)5-2-11/h1-6,9H,7-8,10,22H2. The van der Waals surface area contributed by atoms with Gasteiger partial charge in [-0.2, -0.15) is 13.2 Å². The van der Waals surface area contributed by atoms with Crippen LogP contribution in [0.1, 0.15) is 12.0 Å². The highest BCUT2D eigenvalue weighted by Crippen LogP contribution is 2.30. The summed E-state index contributed by atoms with van der Waals surface area (Å²) in [5.41, 5.74) is 7.83. The minimum atomic E-state index is -4.22. The van der Waals surface area contributed by atoms with Crippen molar-refractivity contribution in [3.8, 4) is 0 Å². The van der Waals surface area contributed by atoms with Crippen LogP contribution in [0.15, 0.2) is 46.9 Å². The molecule has 2 aromatic carbocycles. The summed E-state index contributed by atoms with van der Waals surface area (Å²) in [4.78, 5) is 1.62. The van der Waals surface area contributed by atoms with E-state index in [1.165, 1.54) is 0 Å². The summed E-state index contributed by atoms with van der Waals surface area (Å²) in [5.74, 6) is 0. The molecule has 0 aromatic heterocycles. The quantitative estimate of drug-likeness (QED) is 0.650. The van der Waals surface area contributed by atoms with Crippen molar-refractivity contribution in [2.75, 3.05) is 17.2 Å². The van der Waals surface area contributed by atoms with E-state index in [-0.39, 0.29) is 6.54 Å². The molecule has 0 atom stereocenters. The SMILES string of the molecule is Nc1cc(Br)ccc1N(CCC(F)(F)F)Cc1ccc(Cl)cc1. The normalized spacial score (nSPS) is 11.5. The molecule has 23 heavy (non-hydrogen) atoms. The Kier molecular flexibility index (Phi) is 5.81. The van der Waals surface area contributed by atoms with Gasteiger partial charge in [0.1, 0.15) is 0 Å². The van der Waals surface area contributed by atoms with Crippen LogP contribution in [0.4, 0.5) is 24.5 Å². The minimum Gasteiger partial charge on any atom is -0.397 e. The van der Waals surface area contributed by atoms with E-state index < -0.39 is 12.6 Å². The van der Waals surface area contributed by atoms with Crippen molar-refractivity contribution >= 4 is 38.9 Å². The number of hydrogen-bond acceptors (Lipinski definition) is 2. The van der Waals surface area contributed by atoms with Gasteiger partial charge in [-0.3, -0.25) is 0 Å². The fourth-order valence-electron chi connectivity index (χ4n) is 2.17. The number of nitrogens with zero attached hydrogens (tertiary/aromatic N) is 1. The average Bonchev–Trinajstić information content (AvgIpc) is 2.45. The molecule has 0 aliphatic rings. The molecule has 2 nitrogen and oxygen atoms in total. The molecular weight excluding hydrogens is 393 g/mol. The molecule has 2 N–H and O–H groups in total. The number of benzene rings is 2. The lowest BCUT2D eigenvalue weighted by Gasteiger charge is -2.27. The summed E-state index contributed by atoms with van der Waals surface area (Å²) < 4.78 is 38.6. The first-order chi connectivity index (χ1) is 10.7. The molecule has 0 spiro atoms. The summed E-state index contributed by atoms with van der Waals surface area (Å²) in [6.45, 7) is 0.150. The third-order valence-electron chi connectivity index (χ3n) is 3.28. The van der Waals surface area contributed by atoms with E-state index in [0.29, 0.717) is 22.9 Å². The van der Waals surface area contributed by atoms with Crippen LogP contribution in [0.25, 0.3) is 0 Å². The summed E-state index contributed by atoms with van der Waals surface area (Å²) >= 11 is 9.14. The van der Waals surface area contributed by atoms with E-state index in [1.807, 2.05) is 0 Å². The smallest absolute Gasteiger partial charge is 0.390 e. The highest BCUT2D eigenvalue weighted by molar-refractivity contribution is 9.10. The molecule has 0 fully saturated rings. The Hall–Kier alpha value is -1.40. The number of anilines is 2. The van der Waals surface area contributed by atoms with E-state index in [2.05, 4.69) is 15.9 Å². The lowest BCUT2D eigenvalue weighted by Crippen LogP contribution is -2.28. The number of nitrogen functional groups attached to an aromatic ring is 1. The van der Waals surface area contributed by atoms with Crippen molar-refractivity contribution in [1.29, 1.82) is 0 Å². The second-order valence-corrected chi connectivity index (χ2v) is 6.47. The van der Waals surface area contributed by atoms with Crippen LogP contribution < -0.4 is 10.6 Å². The lowest BCUT2D eigenvalue weighted by atomic mass is 10.1. The van der Waals surface area contributed by atoms with E-state index in [1.54, 1.807) is 47.4 Å². The molecule has 0 amide bonds. The Balaban J connectivity index is 2.25. The molecule has 0 heterocycles. The molecule has 2 aromatic rings. The maximum absolute atomic E-state index is 12.6. The molecule has 7 heteroatoms. The van der Waals surface area contributed by atoms with Gasteiger partial charge < -0.3 is 10.6 Å². The van der Waals surface area contributed by atoms with Crippen molar-refractivity contribution in [2.24, 2.45) is 0 Å². The zero-order chi connectivity index (χ0) is 17.0. The number of halogens is 5. The monoisotopic (exact) mass is 406 g/mol. The Morgan fingerprint density at radius 3 is 2.30 bits per heavy atom. The van der Waals surface area contributed by atoms with Gasteiger partial charge in [0.2, 0.25) is 0 Å². The minimum absolute atomic E-state index is 0.169. The van der Waals surface area contributed by atoms with E-state index >= 15 is 0 Å². The number of nitrogens with two attached hydrogens (primary N) is 1. The second-order valence-electron chi connectivity index (χ2n) is 5.12. The zero-order valence-corrected chi connectivity index (χ0v) is 14.4. The predicted molar refractivity (Wildman–Crippen MR) is 91.7 cm³/mol. The van der Waals surface area contributed by atoms with Crippen molar-refractivity contribution in [2.45, 2.75) is 19.1 Å². The van der Waals surface area contributed by atoms with E-state index in [9.17, 15) is 13.2 Å². The van der Waals surface area contributed by atoms with Gasteiger partial charge in [-0.05, 0) is 35.9 Å². The second kappa shape index (κ2) is 7.45. The van der Waals surface area contributed by atoms with Crippen LogP contribution in [0.2, 0.25) is 5.02 Å². The summed E-state index contributed by atoms with van der Waals surface area (Å²) in [7, 11) is 0. The zero-order valence-electron chi connectivity index (χ0n) is 12.1. The Labute approximate surface area is 146 Å².